The van der Waals surface area contributed by atoms with Gasteiger partial charge in [0.2, 0.25) is 0 Å². The molecule has 0 spiro atoms. The predicted octanol–water partition coefficient (Wildman–Crippen LogP) is 3.83. The summed E-state index contributed by atoms with van der Waals surface area (Å²) in [5, 5.41) is 14.3. The standard InChI is InChI=1S/C17H19N3S/c18-10-14-9-16(21-13-14)11-19-17-6-2-1-5-15(17)12-20-7-3-4-8-20/h1-2,5-6,9,13,19H,3-4,7-8,11-12H2. The smallest absolute Gasteiger partial charge is 0.100 e. The number of nitrogens with one attached hydrogen (secondary N) is 1. The van der Waals surface area contributed by atoms with Crippen molar-refractivity contribution in [3.63, 3.8) is 0 Å². The number of benzene rings is 1. The fraction of sp³-hybridized carbons (Fsp3) is 0.353. The van der Waals surface area contributed by atoms with Gasteiger partial charge in [0.05, 0.1) is 5.56 Å². The Labute approximate surface area is 129 Å². The minimum absolute atomic E-state index is 0.752. The topological polar surface area (TPSA) is 39.1 Å². The van der Waals surface area contributed by atoms with Crippen molar-refractivity contribution < 1.29 is 0 Å². The molecular weight excluding hydrogens is 278 g/mol. The summed E-state index contributed by atoms with van der Waals surface area (Å²) < 4.78 is 0. The molecule has 1 aliphatic rings. The van der Waals surface area contributed by atoms with Gasteiger partial charge in [-0.3, -0.25) is 4.90 Å². The van der Waals surface area contributed by atoms with Crippen molar-refractivity contribution in [3.05, 3.63) is 51.7 Å². The average Bonchev–Trinajstić information content (AvgIpc) is 3.17. The van der Waals surface area contributed by atoms with Crippen molar-refractivity contribution in [2.24, 2.45) is 0 Å². The molecule has 0 atom stereocenters. The van der Waals surface area contributed by atoms with Gasteiger partial charge < -0.3 is 5.32 Å². The molecule has 1 N–H and O–H groups in total. The fourth-order valence-corrected chi connectivity index (χ4v) is 3.48. The first-order chi connectivity index (χ1) is 10.3. The maximum atomic E-state index is 8.87. The van der Waals surface area contributed by atoms with Crippen molar-refractivity contribution >= 4 is 17.0 Å². The monoisotopic (exact) mass is 297 g/mol. The van der Waals surface area contributed by atoms with E-state index >= 15 is 0 Å². The number of para-hydroxylation sites is 1. The SMILES string of the molecule is N#Cc1csc(CNc2ccccc2CN2CCCC2)c1. The average molecular weight is 297 g/mol. The zero-order valence-corrected chi connectivity index (χ0v) is 12.8. The molecule has 1 aromatic heterocycles. The summed E-state index contributed by atoms with van der Waals surface area (Å²) >= 11 is 1.64. The van der Waals surface area contributed by atoms with Crippen LogP contribution >= 0.6 is 11.3 Å². The number of hydrogen-bond acceptors (Lipinski definition) is 4. The first-order valence-electron chi connectivity index (χ1n) is 7.37. The molecule has 0 aliphatic carbocycles. The van der Waals surface area contributed by atoms with Gasteiger partial charge in [-0.05, 0) is 43.6 Å². The van der Waals surface area contributed by atoms with Gasteiger partial charge in [-0.15, -0.1) is 11.3 Å². The zero-order valence-electron chi connectivity index (χ0n) is 12.0. The highest BCUT2D eigenvalue weighted by molar-refractivity contribution is 7.10. The van der Waals surface area contributed by atoms with Gasteiger partial charge in [0, 0.05) is 29.0 Å². The third-order valence-corrected chi connectivity index (χ3v) is 4.78. The second-order valence-electron chi connectivity index (χ2n) is 5.41. The summed E-state index contributed by atoms with van der Waals surface area (Å²) in [6, 6.07) is 12.7. The van der Waals surface area contributed by atoms with E-state index < -0.39 is 0 Å². The Kier molecular flexibility index (Phi) is 4.54. The summed E-state index contributed by atoms with van der Waals surface area (Å²) in [6.45, 7) is 4.23. The van der Waals surface area contributed by atoms with Crippen LogP contribution in [0.1, 0.15) is 28.8 Å². The molecule has 0 radical (unpaired) electrons. The van der Waals surface area contributed by atoms with Crippen LogP contribution in [0.25, 0.3) is 0 Å². The molecule has 1 fully saturated rings. The Morgan fingerprint density at radius 3 is 2.81 bits per heavy atom. The Morgan fingerprint density at radius 2 is 2.05 bits per heavy atom. The first kappa shape index (κ1) is 14.1. The zero-order chi connectivity index (χ0) is 14.5. The van der Waals surface area contributed by atoms with E-state index in [1.54, 1.807) is 11.3 Å². The van der Waals surface area contributed by atoms with Crippen LogP contribution in [0, 0.1) is 11.3 Å². The molecule has 21 heavy (non-hydrogen) atoms. The van der Waals surface area contributed by atoms with Gasteiger partial charge in [-0.25, -0.2) is 0 Å². The van der Waals surface area contributed by atoms with Crippen LogP contribution in [0.3, 0.4) is 0 Å². The van der Waals surface area contributed by atoms with E-state index in [0.717, 1.165) is 18.7 Å². The molecule has 3 rings (SSSR count). The third-order valence-electron chi connectivity index (χ3n) is 3.85. The number of hydrogen-bond donors (Lipinski definition) is 1. The number of thiophene rings is 1. The summed E-state index contributed by atoms with van der Waals surface area (Å²) in [6.07, 6.45) is 2.64. The second kappa shape index (κ2) is 6.75. The van der Waals surface area contributed by atoms with E-state index in [2.05, 4.69) is 40.6 Å². The summed E-state index contributed by atoms with van der Waals surface area (Å²) in [7, 11) is 0. The Balaban J connectivity index is 1.65. The number of nitrogens with zero attached hydrogens (tertiary/aromatic N) is 2. The molecule has 1 aromatic carbocycles. The van der Waals surface area contributed by atoms with Crippen LogP contribution in [0.15, 0.2) is 35.7 Å². The summed E-state index contributed by atoms with van der Waals surface area (Å²) in [4.78, 5) is 3.71. The molecule has 4 heteroatoms. The van der Waals surface area contributed by atoms with Crippen LogP contribution in [0.2, 0.25) is 0 Å². The third kappa shape index (κ3) is 3.63. The lowest BCUT2D eigenvalue weighted by molar-refractivity contribution is 0.332. The van der Waals surface area contributed by atoms with Crippen molar-refractivity contribution in [1.29, 1.82) is 5.26 Å². The molecule has 0 saturated carbocycles. The Morgan fingerprint density at radius 1 is 1.24 bits per heavy atom. The van der Waals surface area contributed by atoms with Gasteiger partial charge in [0.1, 0.15) is 6.07 Å². The number of anilines is 1. The second-order valence-corrected chi connectivity index (χ2v) is 6.40. The molecule has 2 heterocycles. The number of likely N-dealkylation sites (tertiary alicyclic amines) is 1. The molecule has 0 amide bonds. The van der Waals surface area contributed by atoms with E-state index in [1.807, 2.05) is 11.4 Å². The summed E-state index contributed by atoms with van der Waals surface area (Å²) in [5.41, 5.74) is 3.31. The van der Waals surface area contributed by atoms with Crippen molar-refractivity contribution in [3.8, 4) is 6.07 Å². The van der Waals surface area contributed by atoms with Gasteiger partial charge in [0.15, 0.2) is 0 Å². The van der Waals surface area contributed by atoms with Crippen LogP contribution in [0.4, 0.5) is 5.69 Å². The lowest BCUT2D eigenvalue weighted by Crippen LogP contribution is -2.19. The highest BCUT2D eigenvalue weighted by Crippen LogP contribution is 2.22. The molecule has 0 unspecified atom stereocenters. The van der Waals surface area contributed by atoms with Crippen LogP contribution < -0.4 is 5.32 Å². The van der Waals surface area contributed by atoms with Gasteiger partial charge in [0.25, 0.3) is 0 Å². The maximum absolute atomic E-state index is 8.87. The fourth-order valence-electron chi connectivity index (χ4n) is 2.73. The van der Waals surface area contributed by atoms with Crippen molar-refractivity contribution in [1.82, 2.24) is 4.90 Å². The lowest BCUT2D eigenvalue weighted by Gasteiger charge is -2.18. The molecule has 1 aliphatic heterocycles. The first-order valence-corrected chi connectivity index (χ1v) is 8.25. The van der Waals surface area contributed by atoms with E-state index in [-0.39, 0.29) is 0 Å². The van der Waals surface area contributed by atoms with E-state index in [4.69, 9.17) is 5.26 Å². The molecule has 3 nitrogen and oxygen atoms in total. The van der Waals surface area contributed by atoms with Crippen LogP contribution in [-0.2, 0) is 13.1 Å². The molecular formula is C17H19N3S. The predicted molar refractivity (Wildman–Crippen MR) is 87.3 cm³/mol. The highest BCUT2D eigenvalue weighted by Gasteiger charge is 2.13. The summed E-state index contributed by atoms with van der Waals surface area (Å²) in [5.74, 6) is 0. The minimum atomic E-state index is 0.752. The highest BCUT2D eigenvalue weighted by atomic mass is 32.1. The quantitative estimate of drug-likeness (QED) is 0.911. The molecule has 108 valence electrons. The largest absolute Gasteiger partial charge is 0.380 e. The number of nitriles is 1. The van der Waals surface area contributed by atoms with Gasteiger partial charge >= 0.3 is 0 Å². The van der Waals surface area contributed by atoms with Crippen LogP contribution in [0.5, 0.6) is 0 Å². The van der Waals surface area contributed by atoms with Gasteiger partial charge in [-0.2, -0.15) is 5.26 Å². The molecule has 2 aromatic rings. The lowest BCUT2D eigenvalue weighted by atomic mass is 10.1. The van der Waals surface area contributed by atoms with Crippen molar-refractivity contribution in [2.45, 2.75) is 25.9 Å². The van der Waals surface area contributed by atoms with E-state index in [9.17, 15) is 0 Å². The van der Waals surface area contributed by atoms with Gasteiger partial charge in [-0.1, -0.05) is 18.2 Å². The minimum Gasteiger partial charge on any atom is -0.380 e. The Hall–Kier alpha value is -1.83. The Bertz CT molecular complexity index is 635. The molecule has 1 saturated heterocycles. The van der Waals surface area contributed by atoms with Crippen LogP contribution in [-0.4, -0.2) is 18.0 Å². The normalized spacial score (nSPS) is 15.0. The van der Waals surface area contributed by atoms with Crippen molar-refractivity contribution in [2.75, 3.05) is 18.4 Å². The number of rotatable bonds is 5. The van der Waals surface area contributed by atoms with E-state index in [0.29, 0.717) is 0 Å². The van der Waals surface area contributed by atoms with E-state index in [1.165, 1.54) is 42.1 Å². The maximum Gasteiger partial charge on any atom is 0.100 e. The molecule has 0 bridgehead atoms.